The fourth-order valence-corrected chi connectivity index (χ4v) is 4.35. The summed E-state index contributed by atoms with van der Waals surface area (Å²) in [5.41, 5.74) is 7.98. The second-order valence-electron chi connectivity index (χ2n) is 8.09. The fraction of sp³-hybridized carbons (Fsp3) is 0.364. The molecular weight excluding hydrogens is 455 g/mol. The first kappa shape index (κ1) is 22.3. The Morgan fingerprint density at radius 2 is 1.97 bits per heavy atom. The molecule has 12 heteroatoms. The van der Waals surface area contributed by atoms with Gasteiger partial charge in [-0.05, 0) is 24.6 Å². The summed E-state index contributed by atoms with van der Waals surface area (Å²) >= 11 is 0. The van der Waals surface area contributed by atoms with Crippen molar-refractivity contribution >= 4 is 22.6 Å². The lowest BCUT2D eigenvalue weighted by Gasteiger charge is -2.40. The number of nitrogen functional groups attached to an aromatic ring is 1. The van der Waals surface area contributed by atoms with Crippen molar-refractivity contribution in [3.05, 3.63) is 52.5 Å². The maximum Gasteiger partial charge on any atom is 0.388 e. The number of carbonyl (C=O) groups excluding carboxylic acids is 1. The lowest BCUT2D eigenvalue weighted by atomic mass is 10.00. The molecule has 34 heavy (non-hydrogen) atoms. The maximum absolute atomic E-state index is 15.1. The average molecular weight is 475 g/mol. The Bertz CT molecular complexity index is 1260. The number of benzene rings is 1. The summed E-state index contributed by atoms with van der Waals surface area (Å²) in [7, 11) is 0. The zero-order valence-corrected chi connectivity index (χ0v) is 18.0. The van der Waals surface area contributed by atoms with Gasteiger partial charge in [-0.25, -0.2) is 9.37 Å². The molecule has 4 heterocycles. The van der Waals surface area contributed by atoms with Crippen molar-refractivity contribution < 1.29 is 32.2 Å². The second kappa shape index (κ2) is 8.69. The number of nitrogens with two attached hydrogens (primary N) is 1. The van der Waals surface area contributed by atoms with Gasteiger partial charge in [0.1, 0.15) is 11.6 Å². The quantitative estimate of drug-likeness (QED) is 0.613. The predicted octanol–water partition coefficient (Wildman–Crippen LogP) is 2.98. The monoisotopic (exact) mass is 475 g/mol. The Hall–Kier alpha value is -3.51. The molecule has 0 radical (unpaired) electrons. The molecule has 1 amide bonds. The highest BCUT2D eigenvalue weighted by molar-refractivity contribution is 6.00. The van der Waals surface area contributed by atoms with E-state index < -0.39 is 30.4 Å². The number of pyridine rings is 1. The van der Waals surface area contributed by atoms with Gasteiger partial charge < -0.3 is 24.8 Å². The second-order valence-corrected chi connectivity index (χ2v) is 8.09. The van der Waals surface area contributed by atoms with Crippen molar-refractivity contribution in [1.29, 1.82) is 0 Å². The molecule has 2 aliphatic heterocycles. The number of alkyl halides is 2. The molecule has 1 aromatic carbocycles. The van der Waals surface area contributed by atoms with Crippen molar-refractivity contribution in [2.75, 3.05) is 18.9 Å². The SMILES string of the molecule is C[C@@H]1COC[C@H](c2ccc(OC(F)F)nn2)N1C(=O)c1cc2c3c(c(N)nc2cc1F)COC3. The van der Waals surface area contributed by atoms with Crippen LogP contribution in [0.25, 0.3) is 10.9 Å². The molecule has 2 N–H and O–H groups in total. The number of fused-ring (bicyclic) bond motifs is 3. The van der Waals surface area contributed by atoms with Gasteiger partial charge in [0.15, 0.2) is 0 Å². The largest absolute Gasteiger partial charge is 0.415 e. The van der Waals surface area contributed by atoms with Crippen LogP contribution in [0.1, 0.15) is 40.1 Å². The topological polar surface area (TPSA) is 113 Å². The third-order valence-corrected chi connectivity index (χ3v) is 5.94. The van der Waals surface area contributed by atoms with Gasteiger partial charge >= 0.3 is 6.61 Å². The first-order valence-corrected chi connectivity index (χ1v) is 10.5. The lowest BCUT2D eigenvalue weighted by molar-refractivity contribution is -0.0538. The number of nitrogens with zero attached hydrogens (tertiary/aromatic N) is 4. The Balaban J connectivity index is 1.53. The molecule has 0 bridgehead atoms. The minimum absolute atomic E-state index is 0.0797. The Kier molecular flexibility index (Phi) is 5.70. The van der Waals surface area contributed by atoms with Gasteiger partial charge in [-0.1, -0.05) is 0 Å². The van der Waals surface area contributed by atoms with Crippen LogP contribution in [0, 0.1) is 5.82 Å². The molecule has 0 saturated carbocycles. The molecule has 2 atom stereocenters. The minimum atomic E-state index is -3.04. The molecule has 1 fully saturated rings. The zero-order valence-electron chi connectivity index (χ0n) is 18.0. The third kappa shape index (κ3) is 3.88. The van der Waals surface area contributed by atoms with E-state index in [1.54, 1.807) is 6.92 Å². The predicted molar refractivity (Wildman–Crippen MR) is 112 cm³/mol. The van der Waals surface area contributed by atoms with E-state index >= 15 is 4.39 Å². The van der Waals surface area contributed by atoms with E-state index in [4.69, 9.17) is 15.2 Å². The molecular formula is C22H20F3N5O4. The van der Waals surface area contributed by atoms with Gasteiger partial charge in [0.25, 0.3) is 5.91 Å². The Morgan fingerprint density at radius 3 is 2.71 bits per heavy atom. The summed E-state index contributed by atoms with van der Waals surface area (Å²) in [4.78, 5) is 19.3. The standard InChI is InChI=1S/C22H20F3N5O4/c1-10-6-32-9-18(16-2-3-19(29-28-16)34-22(24)25)30(10)21(31)12-4-11-13-7-33-8-14(13)20(26)27-17(11)5-15(12)23/h2-5,10,18,22H,6-9H2,1H3,(H2,26,27)/t10-,18-/m1/s1. The number of halogens is 3. The normalized spacial score (nSPS) is 20.1. The number of hydrogen-bond acceptors (Lipinski definition) is 8. The van der Waals surface area contributed by atoms with E-state index in [1.165, 1.54) is 29.2 Å². The van der Waals surface area contributed by atoms with Crippen molar-refractivity contribution in [1.82, 2.24) is 20.1 Å². The summed E-state index contributed by atoms with van der Waals surface area (Å²) in [6.45, 7) is -0.370. The van der Waals surface area contributed by atoms with Crippen LogP contribution in [0.5, 0.6) is 5.88 Å². The Labute approximate surface area is 191 Å². The molecule has 3 aromatic rings. The molecule has 1 saturated heterocycles. The van der Waals surface area contributed by atoms with Crippen LogP contribution in [-0.4, -0.2) is 51.9 Å². The number of morpholine rings is 1. The number of carbonyl (C=O) groups is 1. The maximum atomic E-state index is 15.1. The van der Waals surface area contributed by atoms with E-state index in [-0.39, 0.29) is 37.1 Å². The fourth-order valence-electron chi connectivity index (χ4n) is 4.35. The van der Waals surface area contributed by atoms with Gasteiger partial charge in [-0.15, -0.1) is 10.2 Å². The number of hydrogen-bond donors (Lipinski definition) is 1. The number of aromatic nitrogens is 3. The number of ether oxygens (including phenoxy) is 3. The number of amides is 1. The van der Waals surface area contributed by atoms with Crippen LogP contribution in [-0.2, 0) is 22.7 Å². The smallest absolute Gasteiger partial charge is 0.388 e. The zero-order chi connectivity index (χ0) is 24.0. The lowest BCUT2D eigenvalue weighted by Crippen LogP contribution is -2.49. The molecule has 0 unspecified atom stereocenters. The van der Waals surface area contributed by atoms with E-state index in [9.17, 15) is 13.6 Å². The molecule has 0 spiro atoms. The van der Waals surface area contributed by atoms with Crippen molar-refractivity contribution in [2.45, 2.75) is 38.8 Å². The average Bonchev–Trinajstić information content (AvgIpc) is 3.29. The van der Waals surface area contributed by atoms with E-state index in [1.807, 2.05) is 0 Å². The van der Waals surface area contributed by atoms with Crippen LogP contribution in [0.2, 0.25) is 0 Å². The summed E-state index contributed by atoms with van der Waals surface area (Å²) in [5.74, 6) is -1.39. The van der Waals surface area contributed by atoms with Gasteiger partial charge in [0.2, 0.25) is 5.88 Å². The van der Waals surface area contributed by atoms with Crippen molar-refractivity contribution in [3.8, 4) is 5.88 Å². The summed E-state index contributed by atoms with van der Waals surface area (Å²) in [6.07, 6.45) is 0. The van der Waals surface area contributed by atoms with E-state index in [0.717, 1.165) is 11.1 Å². The van der Waals surface area contributed by atoms with Crippen LogP contribution >= 0.6 is 0 Å². The van der Waals surface area contributed by atoms with Gasteiger partial charge in [0, 0.05) is 23.1 Å². The molecule has 5 rings (SSSR count). The van der Waals surface area contributed by atoms with Crippen LogP contribution in [0.15, 0.2) is 24.3 Å². The number of anilines is 1. The van der Waals surface area contributed by atoms with Gasteiger partial charge in [0.05, 0.1) is 55.3 Å². The van der Waals surface area contributed by atoms with Crippen molar-refractivity contribution in [2.24, 2.45) is 0 Å². The molecule has 9 nitrogen and oxygen atoms in total. The Morgan fingerprint density at radius 1 is 1.18 bits per heavy atom. The van der Waals surface area contributed by atoms with E-state index in [0.29, 0.717) is 23.2 Å². The van der Waals surface area contributed by atoms with Crippen LogP contribution in [0.4, 0.5) is 19.0 Å². The first-order valence-electron chi connectivity index (χ1n) is 10.5. The van der Waals surface area contributed by atoms with Crippen LogP contribution < -0.4 is 10.5 Å². The third-order valence-electron chi connectivity index (χ3n) is 5.94. The highest BCUT2D eigenvalue weighted by atomic mass is 19.3. The minimum Gasteiger partial charge on any atom is -0.415 e. The molecule has 2 aromatic heterocycles. The molecule has 2 aliphatic rings. The highest BCUT2D eigenvalue weighted by Gasteiger charge is 2.36. The number of rotatable bonds is 4. The molecule has 0 aliphatic carbocycles. The first-order chi connectivity index (χ1) is 16.3. The summed E-state index contributed by atoms with van der Waals surface area (Å²) < 4.78 is 55.3. The highest BCUT2D eigenvalue weighted by Crippen LogP contribution is 2.34. The summed E-state index contributed by atoms with van der Waals surface area (Å²) in [6, 6.07) is 4.18. The van der Waals surface area contributed by atoms with Crippen LogP contribution in [0.3, 0.4) is 0 Å². The van der Waals surface area contributed by atoms with Gasteiger partial charge in [-0.3, -0.25) is 4.79 Å². The summed E-state index contributed by atoms with van der Waals surface area (Å²) in [5, 5.41) is 8.16. The van der Waals surface area contributed by atoms with Gasteiger partial charge in [-0.2, -0.15) is 8.78 Å². The van der Waals surface area contributed by atoms with E-state index in [2.05, 4.69) is 19.9 Å². The van der Waals surface area contributed by atoms with Crippen molar-refractivity contribution in [3.63, 3.8) is 0 Å². The molecule has 178 valence electrons.